The van der Waals surface area contributed by atoms with Gasteiger partial charge in [-0.25, -0.2) is 0 Å². The van der Waals surface area contributed by atoms with E-state index >= 15 is 0 Å². The summed E-state index contributed by atoms with van der Waals surface area (Å²) in [5.41, 5.74) is -0.0561. The van der Waals surface area contributed by atoms with Crippen LogP contribution in [0.25, 0.3) is 6.08 Å². The molecule has 0 bridgehead atoms. The average molecular weight is 289 g/mol. The Labute approximate surface area is 123 Å². The number of carboxylic acid groups (broad SMARTS) is 1. The van der Waals surface area contributed by atoms with Crippen LogP contribution in [0.15, 0.2) is 30.3 Å². The number of carbonyl (C=O) groups is 2. The lowest BCUT2D eigenvalue weighted by Gasteiger charge is -2.37. The molecule has 5 nitrogen and oxygen atoms in total. The van der Waals surface area contributed by atoms with Crippen molar-refractivity contribution in [3.8, 4) is 5.75 Å². The number of likely N-dealkylation sites (tertiary alicyclic amines) is 1. The minimum atomic E-state index is -0.861. The second kappa shape index (κ2) is 5.99. The molecule has 1 amide bonds. The topological polar surface area (TPSA) is 77.8 Å². The normalized spacial score (nSPS) is 22.4. The third kappa shape index (κ3) is 3.62. The van der Waals surface area contributed by atoms with Crippen molar-refractivity contribution in [2.45, 2.75) is 19.8 Å². The molecule has 0 aromatic heterocycles. The number of rotatable bonds is 3. The van der Waals surface area contributed by atoms with E-state index in [9.17, 15) is 19.8 Å². The Morgan fingerprint density at radius 3 is 2.57 bits per heavy atom. The van der Waals surface area contributed by atoms with E-state index in [1.807, 2.05) is 0 Å². The molecule has 1 saturated heterocycles. The fraction of sp³-hybridized carbons (Fsp3) is 0.375. The monoisotopic (exact) mass is 289 g/mol. The van der Waals surface area contributed by atoms with Gasteiger partial charge in [0, 0.05) is 19.2 Å². The number of hydrogen-bond acceptors (Lipinski definition) is 3. The molecule has 1 aliphatic heterocycles. The SMILES string of the molecule is CC1(C(=O)O)CCCN(C(=O)C=Cc2ccc(O)cc2)C1. The molecule has 1 aromatic rings. The Kier molecular flexibility index (Phi) is 4.31. The van der Waals surface area contributed by atoms with Crippen LogP contribution in [0.3, 0.4) is 0 Å². The molecule has 2 rings (SSSR count). The highest BCUT2D eigenvalue weighted by Gasteiger charge is 2.38. The molecule has 2 N–H and O–H groups in total. The van der Waals surface area contributed by atoms with E-state index in [0.717, 1.165) is 5.56 Å². The van der Waals surface area contributed by atoms with Crippen LogP contribution in [0, 0.1) is 5.41 Å². The number of phenolic OH excluding ortho intramolecular Hbond substituents is 1. The summed E-state index contributed by atoms with van der Waals surface area (Å²) in [6.07, 6.45) is 4.39. The van der Waals surface area contributed by atoms with Crippen molar-refractivity contribution in [2.24, 2.45) is 5.41 Å². The summed E-state index contributed by atoms with van der Waals surface area (Å²) in [5.74, 6) is -0.871. The zero-order chi connectivity index (χ0) is 15.5. The van der Waals surface area contributed by atoms with Crippen molar-refractivity contribution in [3.05, 3.63) is 35.9 Å². The van der Waals surface area contributed by atoms with Gasteiger partial charge >= 0.3 is 5.97 Å². The van der Waals surface area contributed by atoms with E-state index in [0.29, 0.717) is 19.4 Å². The molecule has 1 atom stereocenters. The van der Waals surface area contributed by atoms with Gasteiger partial charge < -0.3 is 15.1 Å². The van der Waals surface area contributed by atoms with Gasteiger partial charge in [-0.05, 0) is 43.5 Å². The summed E-state index contributed by atoms with van der Waals surface area (Å²) in [5, 5.41) is 18.4. The quantitative estimate of drug-likeness (QED) is 0.835. The van der Waals surface area contributed by atoms with Gasteiger partial charge in [-0.1, -0.05) is 12.1 Å². The maximum atomic E-state index is 12.1. The van der Waals surface area contributed by atoms with Gasteiger partial charge in [0.15, 0.2) is 0 Å². The molecule has 0 radical (unpaired) electrons. The zero-order valence-corrected chi connectivity index (χ0v) is 12.0. The molecule has 0 spiro atoms. The van der Waals surface area contributed by atoms with Crippen LogP contribution in [0.2, 0.25) is 0 Å². The second-order valence-electron chi connectivity index (χ2n) is 5.65. The largest absolute Gasteiger partial charge is 0.508 e. The number of carboxylic acids is 1. The predicted molar refractivity (Wildman–Crippen MR) is 78.7 cm³/mol. The van der Waals surface area contributed by atoms with E-state index in [2.05, 4.69) is 0 Å². The highest BCUT2D eigenvalue weighted by atomic mass is 16.4. The number of carbonyl (C=O) groups excluding carboxylic acids is 1. The lowest BCUT2D eigenvalue weighted by atomic mass is 9.82. The number of nitrogens with zero attached hydrogens (tertiary/aromatic N) is 1. The Balaban J connectivity index is 2.03. The molecule has 1 fully saturated rings. The Bertz CT molecular complexity index is 564. The van der Waals surface area contributed by atoms with Crippen molar-refractivity contribution in [1.29, 1.82) is 0 Å². The van der Waals surface area contributed by atoms with Crippen LogP contribution in [0.4, 0.5) is 0 Å². The van der Waals surface area contributed by atoms with E-state index < -0.39 is 11.4 Å². The number of piperidine rings is 1. The average Bonchev–Trinajstić information content (AvgIpc) is 2.46. The lowest BCUT2D eigenvalue weighted by molar-refractivity contribution is -0.152. The van der Waals surface area contributed by atoms with Crippen LogP contribution in [0.5, 0.6) is 5.75 Å². The van der Waals surface area contributed by atoms with Crippen LogP contribution < -0.4 is 0 Å². The van der Waals surface area contributed by atoms with Gasteiger partial charge in [0.25, 0.3) is 0 Å². The first-order chi connectivity index (χ1) is 9.90. The zero-order valence-electron chi connectivity index (χ0n) is 12.0. The number of aliphatic carboxylic acids is 1. The standard InChI is InChI=1S/C16H19NO4/c1-16(15(20)21)9-2-10-17(11-16)14(19)8-5-12-3-6-13(18)7-4-12/h3-8,18H,2,9-11H2,1H3,(H,20,21). The molecular formula is C16H19NO4. The van der Waals surface area contributed by atoms with Crippen LogP contribution >= 0.6 is 0 Å². The molecule has 5 heteroatoms. The highest BCUT2D eigenvalue weighted by molar-refractivity contribution is 5.92. The first kappa shape index (κ1) is 15.1. The van der Waals surface area contributed by atoms with Crippen LogP contribution in [-0.2, 0) is 9.59 Å². The minimum absolute atomic E-state index is 0.173. The van der Waals surface area contributed by atoms with Crippen LogP contribution in [0.1, 0.15) is 25.3 Å². The maximum absolute atomic E-state index is 12.1. The first-order valence-electron chi connectivity index (χ1n) is 6.90. The molecule has 21 heavy (non-hydrogen) atoms. The second-order valence-corrected chi connectivity index (χ2v) is 5.65. The molecular weight excluding hydrogens is 270 g/mol. The van der Waals surface area contributed by atoms with Crippen molar-refractivity contribution in [2.75, 3.05) is 13.1 Å². The van der Waals surface area contributed by atoms with Crippen molar-refractivity contribution < 1.29 is 19.8 Å². The Hall–Kier alpha value is -2.30. The minimum Gasteiger partial charge on any atom is -0.508 e. The van der Waals surface area contributed by atoms with Gasteiger partial charge in [-0.3, -0.25) is 9.59 Å². The molecule has 1 heterocycles. The van der Waals surface area contributed by atoms with Crippen molar-refractivity contribution >= 4 is 18.0 Å². The summed E-state index contributed by atoms with van der Waals surface area (Å²) in [7, 11) is 0. The molecule has 1 unspecified atom stereocenters. The highest BCUT2D eigenvalue weighted by Crippen LogP contribution is 2.29. The van der Waals surface area contributed by atoms with Gasteiger partial charge in [0.05, 0.1) is 5.41 Å². The summed E-state index contributed by atoms with van der Waals surface area (Å²) in [4.78, 5) is 25.0. The molecule has 0 aliphatic carbocycles. The molecule has 0 saturated carbocycles. The first-order valence-corrected chi connectivity index (χ1v) is 6.90. The van der Waals surface area contributed by atoms with Gasteiger partial charge in [0.2, 0.25) is 5.91 Å². The summed E-state index contributed by atoms with van der Waals surface area (Å²) >= 11 is 0. The lowest BCUT2D eigenvalue weighted by Crippen LogP contribution is -2.47. The maximum Gasteiger partial charge on any atom is 0.311 e. The Morgan fingerprint density at radius 1 is 1.29 bits per heavy atom. The summed E-state index contributed by atoms with van der Waals surface area (Å²) in [6.45, 7) is 2.50. The predicted octanol–water partition coefficient (Wildman–Crippen LogP) is 2.12. The van der Waals surface area contributed by atoms with Crippen LogP contribution in [-0.4, -0.2) is 40.1 Å². The third-order valence-corrected chi connectivity index (χ3v) is 3.84. The molecule has 112 valence electrons. The molecule has 1 aliphatic rings. The van der Waals surface area contributed by atoms with E-state index in [1.54, 1.807) is 42.2 Å². The summed E-state index contributed by atoms with van der Waals surface area (Å²) < 4.78 is 0. The number of benzene rings is 1. The smallest absolute Gasteiger partial charge is 0.311 e. The fourth-order valence-corrected chi connectivity index (χ4v) is 2.46. The van der Waals surface area contributed by atoms with Crippen molar-refractivity contribution in [1.82, 2.24) is 4.90 Å². The number of aromatic hydroxyl groups is 1. The number of phenols is 1. The van der Waals surface area contributed by atoms with Gasteiger partial charge in [-0.2, -0.15) is 0 Å². The third-order valence-electron chi connectivity index (χ3n) is 3.84. The Morgan fingerprint density at radius 2 is 1.95 bits per heavy atom. The number of hydrogen-bond donors (Lipinski definition) is 2. The summed E-state index contributed by atoms with van der Waals surface area (Å²) in [6, 6.07) is 6.51. The van der Waals surface area contributed by atoms with E-state index in [1.165, 1.54) is 6.08 Å². The fourth-order valence-electron chi connectivity index (χ4n) is 2.46. The number of amides is 1. The van der Waals surface area contributed by atoms with Gasteiger partial charge in [0.1, 0.15) is 5.75 Å². The van der Waals surface area contributed by atoms with E-state index in [-0.39, 0.29) is 18.2 Å². The van der Waals surface area contributed by atoms with E-state index in [4.69, 9.17) is 0 Å². The molecule has 1 aromatic carbocycles. The van der Waals surface area contributed by atoms with Gasteiger partial charge in [-0.15, -0.1) is 0 Å². The van der Waals surface area contributed by atoms with Crippen molar-refractivity contribution in [3.63, 3.8) is 0 Å².